The molecule has 0 unspecified atom stereocenters. The third kappa shape index (κ3) is 8.25. The van der Waals surface area contributed by atoms with Crippen LogP contribution in [0.1, 0.15) is 26.7 Å². The molecule has 0 radical (unpaired) electrons. The van der Waals surface area contributed by atoms with E-state index < -0.39 is 27.1 Å². The van der Waals surface area contributed by atoms with Gasteiger partial charge in [0.15, 0.2) is 18.1 Å². The average molecular weight is 297 g/mol. The predicted molar refractivity (Wildman–Crippen MR) is 78.2 cm³/mol. The molecule has 0 aliphatic heterocycles. The molecule has 0 aromatic carbocycles. The Bertz CT molecular complexity index is 170. The molecule has 0 aromatic rings. The van der Waals surface area contributed by atoms with Crippen molar-refractivity contribution in [3.8, 4) is 0 Å². The molecule has 0 amide bonds. The van der Waals surface area contributed by atoms with Crippen LogP contribution in [-0.4, -0.2) is 40.3 Å². The summed E-state index contributed by atoms with van der Waals surface area (Å²) in [5, 5.41) is 0. The van der Waals surface area contributed by atoms with Crippen LogP contribution in [0.3, 0.4) is 0 Å². The standard InChI is InChI=1S/C10H28O4Si3/c1-7-9-11-17(12-10-8-2,13-15(3)4)14-16(5)6/h15-16H,7-10H2,1-6H3. The maximum atomic E-state index is 6.00. The van der Waals surface area contributed by atoms with Gasteiger partial charge in [-0.15, -0.1) is 0 Å². The van der Waals surface area contributed by atoms with E-state index in [9.17, 15) is 0 Å². The lowest BCUT2D eigenvalue weighted by atomic mass is 10.5. The number of hydrogen-bond acceptors (Lipinski definition) is 4. The highest BCUT2D eigenvalue weighted by Crippen LogP contribution is 2.16. The van der Waals surface area contributed by atoms with Crippen LogP contribution in [0, 0.1) is 0 Å². The summed E-state index contributed by atoms with van der Waals surface area (Å²) in [7, 11) is -5.30. The Morgan fingerprint density at radius 3 is 1.35 bits per heavy atom. The second kappa shape index (κ2) is 9.42. The maximum absolute atomic E-state index is 6.00. The van der Waals surface area contributed by atoms with E-state index in [4.69, 9.17) is 17.1 Å². The summed E-state index contributed by atoms with van der Waals surface area (Å²) in [5.41, 5.74) is 0. The van der Waals surface area contributed by atoms with Gasteiger partial charge in [0.25, 0.3) is 0 Å². The Morgan fingerprint density at radius 2 is 1.12 bits per heavy atom. The van der Waals surface area contributed by atoms with E-state index in [0.717, 1.165) is 12.8 Å². The molecule has 104 valence electrons. The van der Waals surface area contributed by atoms with E-state index >= 15 is 0 Å². The fourth-order valence-corrected chi connectivity index (χ4v) is 8.66. The molecule has 7 heteroatoms. The summed E-state index contributed by atoms with van der Waals surface area (Å²) in [4.78, 5) is 0. The molecular formula is C10H28O4Si3. The van der Waals surface area contributed by atoms with E-state index in [1.807, 2.05) is 0 Å². The largest absolute Gasteiger partial charge is 0.657 e. The smallest absolute Gasteiger partial charge is 0.398 e. The van der Waals surface area contributed by atoms with Crippen LogP contribution in [-0.2, 0) is 17.1 Å². The van der Waals surface area contributed by atoms with Gasteiger partial charge >= 0.3 is 9.05 Å². The van der Waals surface area contributed by atoms with Crippen molar-refractivity contribution in [3.05, 3.63) is 0 Å². The lowest BCUT2D eigenvalue weighted by Crippen LogP contribution is -2.54. The molecule has 0 rings (SSSR count). The Morgan fingerprint density at radius 1 is 0.765 bits per heavy atom. The number of hydrogen-bond donors (Lipinski definition) is 0. The van der Waals surface area contributed by atoms with Crippen LogP contribution in [0.5, 0.6) is 0 Å². The topological polar surface area (TPSA) is 36.9 Å². The van der Waals surface area contributed by atoms with Crippen molar-refractivity contribution in [1.29, 1.82) is 0 Å². The Balaban J connectivity index is 4.63. The maximum Gasteiger partial charge on any atom is 0.657 e. The number of rotatable bonds is 10. The fourth-order valence-electron chi connectivity index (χ4n) is 1.24. The SMILES string of the molecule is CCCO[Si](OCCC)(O[SiH](C)C)O[SiH](C)C. The molecule has 0 N–H and O–H groups in total. The van der Waals surface area contributed by atoms with Gasteiger partial charge in [0.1, 0.15) is 0 Å². The lowest BCUT2D eigenvalue weighted by Gasteiger charge is -2.31. The van der Waals surface area contributed by atoms with E-state index in [0.29, 0.717) is 13.2 Å². The zero-order valence-corrected chi connectivity index (χ0v) is 15.4. The minimum absolute atomic E-state index is 0.651. The summed E-state index contributed by atoms with van der Waals surface area (Å²) in [5.74, 6) is 0. The van der Waals surface area contributed by atoms with Crippen LogP contribution in [0.2, 0.25) is 26.2 Å². The molecule has 0 aliphatic rings. The van der Waals surface area contributed by atoms with E-state index in [1.54, 1.807) is 0 Å². The molecule has 0 fully saturated rings. The van der Waals surface area contributed by atoms with Gasteiger partial charge in [0.2, 0.25) is 0 Å². The first-order valence-corrected chi connectivity index (χ1v) is 13.8. The van der Waals surface area contributed by atoms with Crippen molar-refractivity contribution in [2.24, 2.45) is 0 Å². The first-order chi connectivity index (χ1) is 7.95. The molecule has 0 aliphatic carbocycles. The minimum Gasteiger partial charge on any atom is -0.398 e. The van der Waals surface area contributed by atoms with Crippen LogP contribution in [0.25, 0.3) is 0 Å². The molecule has 0 saturated carbocycles. The summed E-state index contributed by atoms with van der Waals surface area (Å²) in [6.45, 7) is 14.0. The molecular weight excluding hydrogens is 268 g/mol. The zero-order chi connectivity index (χ0) is 13.3. The minimum atomic E-state index is -2.84. The lowest BCUT2D eigenvalue weighted by molar-refractivity contribution is 0.0406. The van der Waals surface area contributed by atoms with E-state index in [-0.39, 0.29) is 0 Å². The highest BCUT2D eigenvalue weighted by Gasteiger charge is 2.46. The first kappa shape index (κ1) is 17.5. The molecule has 0 saturated heterocycles. The van der Waals surface area contributed by atoms with Crippen molar-refractivity contribution >= 4 is 27.1 Å². The van der Waals surface area contributed by atoms with Crippen LogP contribution >= 0.6 is 0 Å². The van der Waals surface area contributed by atoms with Gasteiger partial charge in [0, 0.05) is 13.2 Å². The first-order valence-electron chi connectivity index (χ1n) is 6.59. The quantitative estimate of drug-likeness (QED) is 0.580. The van der Waals surface area contributed by atoms with Gasteiger partial charge in [-0.2, -0.15) is 0 Å². The molecule has 0 atom stereocenters. The summed E-state index contributed by atoms with van der Waals surface area (Å²) in [6, 6.07) is 0. The second-order valence-corrected chi connectivity index (χ2v) is 12.2. The van der Waals surface area contributed by atoms with Crippen LogP contribution in [0.15, 0.2) is 0 Å². The predicted octanol–water partition coefficient (Wildman–Crippen LogP) is 2.28. The van der Waals surface area contributed by atoms with Crippen molar-refractivity contribution in [2.75, 3.05) is 13.2 Å². The van der Waals surface area contributed by atoms with Crippen molar-refractivity contribution in [2.45, 2.75) is 52.9 Å². The van der Waals surface area contributed by atoms with Gasteiger partial charge in [0.05, 0.1) is 0 Å². The second-order valence-electron chi connectivity index (χ2n) is 4.53. The summed E-state index contributed by atoms with van der Waals surface area (Å²) >= 11 is 0. The molecule has 4 nitrogen and oxygen atoms in total. The van der Waals surface area contributed by atoms with E-state index in [1.165, 1.54) is 0 Å². The van der Waals surface area contributed by atoms with Crippen molar-refractivity contribution < 1.29 is 17.1 Å². The summed E-state index contributed by atoms with van der Waals surface area (Å²) in [6.07, 6.45) is 1.91. The zero-order valence-electron chi connectivity index (χ0n) is 12.1. The third-order valence-corrected chi connectivity index (χ3v) is 8.92. The van der Waals surface area contributed by atoms with Crippen molar-refractivity contribution in [3.63, 3.8) is 0 Å². The highest BCUT2D eigenvalue weighted by atomic mass is 28.5. The summed E-state index contributed by atoms with van der Waals surface area (Å²) < 4.78 is 23.7. The van der Waals surface area contributed by atoms with Gasteiger partial charge < -0.3 is 17.1 Å². The fraction of sp³-hybridized carbons (Fsp3) is 1.00. The monoisotopic (exact) mass is 296 g/mol. The molecule has 0 heterocycles. The molecule has 17 heavy (non-hydrogen) atoms. The van der Waals surface area contributed by atoms with Crippen LogP contribution < -0.4 is 0 Å². The van der Waals surface area contributed by atoms with Gasteiger partial charge in [-0.1, -0.05) is 13.8 Å². The molecule has 0 spiro atoms. The Hall–Kier alpha value is 0.491. The Kier molecular flexibility index (Phi) is 9.70. The van der Waals surface area contributed by atoms with Crippen LogP contribution in [0.4, 0.5) is 0 Å². The third-order valence-electron chi connectivity index (χ3n) is 1.73. The average Bonchev–Trinajstić information content (AvgIpc) is 2.22. The van der Waals surface area contributed by atoms with E-state index in [2.05, 4.69) is 40.0 Å². The normalized spacial score (nSPS) is 12.7. The van der Waals surface area contributed by atoms with Gasteiger partial charge in [-0.3, -0.25) is 0 Å². The Labute approximate surface area is 111 Å². The highest BCUT2D eigenvalue weighted by molar-refractivity contribution is 6.71. The van der Waals surface area contributed by atoms with Gasteiger partial charge in [-0.25, -0.2) is 0 Å². The van der Waals surface area contributed by atoms with Crippen molar-refractivity contribution in [1.82, 2.24) is 0 Å². The molecule has 0 aromatic heterocycles. The molecule has 0 bridgehead atoms. The van der Waals surface area contributed by atoms with Gasteiger partial charge in [-0.05, 0) is 39.0 Å².